The van der Waals surface area contributed by atoms with Gasteiger partial charge in [0, 0.05) is 21.9 Å². The standard InChI is InChI=1S/C16H8N6O2S/c17-8-11-7-13(22(23)24)5-6-15(11)25-16-4-2-1-3-14(16)21-20-12(9-18)10-19/h1-7,21H. The Kier molecular flexibility index (Phi) is 5.67. The largest absolute Gasteiger partial charge is 0.275 e. The Morgan fingerprint density at radius 3 is 2.48 bits per heavy atom. The number of benzene rings is 2. The fourth-order valence-corrected chi connectivity index (χ4v) is 2.72. The summed E-state index contributed by atoms with van der Waals surface area (Å²) in [4.78, 5) is 11.5. The molecule has 0 unspecified atom stereocenters. The normalized spacial score (nSPS) is 9.16. The van der Waals surface area contributed by atoms with Crippen LogP contribution in [0.2, 0.25) is 0 Å². The van der Waals surface area contributed by atoms with Gasteiger partial charge in [-0.15, -0.1) is 0 Å². The summed E-state index contributed by atoms with van der Waals surface area (Å²) in [6.45, 7) is 0. The van der Waals surface area contributed by atoms with E-state index in [9.17, 15) is 15.4 Å². The van der Waals surface area contributed by atoms with Crippen molar-refractivity contribution in [1.29, 1.82) is 15.8 Å². The summed E-state index contributed by atoms with van der Waals surface area (Å²) >= 11 is 1.21. The van der Waals surface area contributed by atoms with Crippen molar-refractivity contribution in [2.45, 2.75) is 9.79 Å². The molecule has 1 N–H and O–H groups in total. The van der Waals surface area contributed by atoms with Crippen LogP contribution in [0.15, 0.2) is 57.4 Å². The van der Waals surface area contributed by atoms with Gasteiger partial charge in [-0.2, -0.15) is 20.9 Å². The zero-order valence-corrected chi connectivity index (χ0v) is 13.3. The van der Waals surface area contributed by atoms with E-state index >= 15 is 0 Å². The Labute approximate surface area is 146 Å². The number of hydrogen-bond acceptors (Lipinski definition) is 8. The van der Waals surface area contributed by atoms with Gasteiger partial charge >= 0.3 is 0 Å². The Bertz CT molecular complexity index is 965. The lowest BCUT2D eigenvalue weighted by atomic mass is 10.2. The third kappa shape index (κ3) is 4.32. The fourth-order valence-electron chi connectivity index (χ4n) is 1.77. The van der Waals surface area contributed by atoms with Gasteiger partial charge in [-0.3, -0.25) is 15.5 Å². The lowest BCUT2D eigenvalue weighted by molar-refractivity contribution is -0.384. The molecule has 0 aliphatic heterocycles. The molecule has 0 atom stereocenters. The number of nitrogens with one attached hydrogen (secondary N) is 1. The molecule has 0 fully saturated rings. The van der Waals surface area contributed by atoms with E-state index < -0.39 is 4.92 Å². The Balaban J connectivity index is 2.35. The highest BCUT2D eigenvalue weighted by molar-refractivity contribution is 7.99. The maximum atomic E-state index is 10.8. The molecule has 0 saturated carbocycles. The second-order valence-electron chi connectivity index (χ2n) is 4.44. The van der Waals surface area contributed by atoms with Crippen LogP contribution in [0.5, 0.6) is 0 Å². The number of anilines is 1. The minimum Gasteiger partial charge on any atom is -0.275 e. The maximum Gasteiger partial charge on any atom is 0.270 e. The molecule has 2 rings (SSSR count). The number of nitriles is 3. The number of nitrogens with zero attached hydrogens (tertiary/aromatic N) is 5. The summed E-state index contributed by atoms with van der Waals surface area (Å²) in [6, 6.07) is 16.2. The minimum atomic E-state index is -0.565. The first-order valence-corrected chi connectivity index (χ1v) is 7.50. The van der Waals surface area contributed by atoms with Gasteiger partial charge in [-0.05, 0) is 18.2 Å². The number of para-hydroxylation sites is 1. The highest BCUT2D eigenvalue weighted by Crippen LogP contribution is 2.36. The summed E-state index contributed by atoms with van der Waals surface area (Å²) < 4.78 is 0. The van der Waals surface area contributed by atoms with Crippen LogP contribution in [0.1, 0.15) is 5.56 Å². The summed E-state index contributed by atoms with van der Waals surface area (Å²) in [5, 5.41) is 41.1. The lowest BCUT2D eigenvalue weighted by Crippen LogP contribution is -1.97. The first-order valence-electron chi connectivity index (χ1n) is 6.68. The van der Waals surface area contributed by atoms with Gasteiger partial charge in [0.25, 0.3) is 5.69 Å². The fraction of sp³-hybridized carbons (Fsp3) is 0. The number of nitro benzene ring substituents is 1. The first-order chi connectivity index (χ1) is 12.1. The highest BCUT2D eigenvalue weighted by atomic mass is 32.2. The molecular weight excluding hydrogens is 340 g/mol. The van der Waals surface area contributed by atoms with Crippen LogP contribution in [0.25, 0.3) is 0 Å². The van der Waals surface area contributed by atoms with E-state index in [1.807, 2.05) is 6.07 Å². The molecule has 9 heteroatoms. The quantitative estimate of drug-likeness (QED) is 0.496. The third-order valence-corrected chi connectivity index (χ3v) is 4.05. The number of hydrazone groups is 1. The Morgan fingerprint density at radius 2 is 1.84 bits per heavy atom. The van der Waals surface area contributed by atoms with E-state index in [0.717, 1.165) is 0 Å². The molecule has 2 aromatic carbocycles. The van der Waals surface area contributed by atoms with Crippen molar-refractivity contribution in [2.24, 2.45) is 5.10 Å². The zero-order valence-electron chi connectivity index (χ0n) is 12.5. The number of rotatable bonds is 5. The molecule has 0 heterocycles. The lowest BCUT2D eigenvalue weighted by Gasteiger charge is -2.09. The van der Waals surface area contributed by atoms with Crippen LogP contribution in [0.3, 0.4) is 0 Å². The zero-order chi connectivity index (χ0) is 18.2. The van der Waals surface area contributed by atoms with Gasteiger partial charge in [-0.25, -0.2) is 0 Å². The van der Waals surface area contributed by atoms with E-state index in [2.05, 4.69) is 10.5 Å². The van der Waals surface area contributed by atoms with Gasteiger partial charge < -0.3 is 0 Å². The third-order valence-electron chi connectivity index (χ3n) is 2.90. The molecule has 0 aliphatic rings. The van der Waals surface area contributed by atoms with E-state index in [1.165, 1.54) is 30.0 Å². The summed E-state index contributed by atoms with van der Waals surface area (Å²) in [5.74, 6) is 0. The molecule has 0 aliphatic carbocycles. The maximum absolute atomic E-state index is 10.8. The number of hydrogen-bond donors (Lipinski definition) is 1. The molecule has 8 nitrogen and oxygen atoms in total. The molecule has 0 amide bonds. The van der Waals surface area contributed by atoms with Crippen LogP contribution in [0.4, 0.5) is 11.4 Å². The van der Waals surface area contributed by atoms with Crippen molar-refractivity contribution in [3.63, 3.8) is 0 Å². The van der Waals surface area contributed by atoms with Crippen LogP contribution < -0.4 is 5.43 Å². The Hall–Kier alpha value is -3.87. The van der Waals surface area contributed by atoms with Crippen LogP contribution in [-0.2, 0) is 0 Å². The topological polar surface area (TPSA) is 139 Å². The van der Waals surface area contributed by atoms with Crippen molar-refractivity contribution in [3.8, 4) is 18.2 Å². The van der Waals surface area contributed by atoms with Gasteiger partial charge in [0.2, 0.25) is 5.71 Å². The molecular formula is C16H8N6O2S. The predicted octanol–water partition coefficient (Wildman–Crippen LogP) is 3.43. The number of nitro groups is 1. The summed E-state index contributed by atoms with van der Waals surface area (Å²) in [5.41, 5.74) is 2.84. The molecule has 0 saturated heterocycles. The molecule has 120 valence electrons. The molecule has 2 aromatic rings. The average Bonchev–Trinajstić information content (AvgIpc) is 2.63. The van der Waals surface area contributed by atoms with Crippen molar-refractivity contribution >= 4 is 28.8 Å². The van der Waals surface area contributed by atoms with Crippen molar-refractivity contribution < 1.29 is 4.92 Å². The minimum absolute atomic E-state index is 0.162. The molecule has 25 heavy (non-hydrogen) atoms. The van der Waals surface area contributed by atoms with E-state index in [1.54, 1.807) is 36.4 Å². The summed E-state index contributed by atoms with van der Waals surface area (Å²) in [7, 11) is 0. The average molecular weight is 348 g/mol. The monoisotopic (exact) mass is 348 g/mol. The highest BCUT2D eigenvalue weighted by Gasteiger charge is 2.13. The van der Waals surface area contributed by atoms with E-state index in [0.29, 0.717) is 15.5 Å². The van der Waals surface area contributed by atoms with Crippen molar-refractivity contribution in [3.05, 3.63) is 58.1 Å². The smallest absolute Gasteiger partial charge is 0.270 e. The van der Waals surface area contributed by atoms with E-state index in [-0.39, 0.29) is 17.0 Å². The summed E-state index contributed by atoms with van der Waals surface area (Å²) in [6.07, 6.45) is 0. The van der Waals surface area contributed by atoms with Gasteiger partial charge in [-0.1, -0.05) is 23.9 Å². The van der Waals surface area contributed by atoms with Crippen molar-refractivity contribution in [2.75, 3.05) is 5.43 Å². The van der Waals surface area contributed by atoms with E-state index in [4.69, 9.17) is 10.5 Å². The molecule has 0 spiro atoms. The molecule has 0 radical (unpaired) electrons. The van der Waals surface area contributed by atoms with Gasteiger partial charge in [0.1, 0.15) is 18.2 Å². The Morgan fingerprint density at radius 1 is 1.12 bits per heavy atom. The van der Waals surface area contributed by atoms with Crippen LogP contribution in [0, 0.1) is 44.1 Å². The molecule has 0 bridgehead atoms. The van der Waals surface area contributed by atoms with Crippen molar-refractivity contribution in [1.82, 2.24) is 0 Å². The second-order valence-corrected chi connectivity index (χ2v) is 5.53. The SMILES string of the molecule is N#CC(C#N)=NNc1ccccc1Sc1ccc([N+](=O)[O-])cc1C#N. The number of non-ortho nitro benzene ring substituents is 1. The van der Waals surface area contributed by atoms with Crippen LogP contribution in [-0.4, -0.2) is 10.6 Å². The molecule has 0 aromatic heterocycles. The van der Waals surface area contributed by atoms with Crippen LogP contribution >= 0.6 is 11.8 Å². The second kappa shape index (κ2) is 8.11. The van der Waals surface area contributed by atoms with Gasteiger partial charge in [0.05, 0.1) is 16.2 Å². The first kappa shape index (κ1) is 17.5. The van der Waals surface area contributed by atoms with Gasteiger partial charge in [0.15, 0.2) is 0 Å². The predicted molar refractivity (Wildman–Crippen MR) is 90.7 cm³/mol.